The third-order valence-electron chi connectivity index (χ3n) is 1.88. The number of thioether (sulfide) groups is 1. The van der Waals surface area contributed by atoms with E-state index in [1.54, 1.807) is 18.3 Å². The van der Waals surface area contributed by atoms with Crippen molar-refractivity contribution in [3.05, 3.63) is 27.7 Å². The van der Waals surface area contributed by atoms with Crippen molar-refractivity contribution in [3.8, 4) is 6.19 Å². The van der Waals surface area contributed by atoms with Crippen LogP contribution in [-0.2, 0) is 0 Å². The summed E-state index contributed by atoms with van der Waals surface area (Å²) in [4.78, 5) is 3.61. The average molecular weight is 274 g/mol. The topological polar surface area (TPSA) is 48.2 Å². The molecular formula is C10H9Cl2N3S. The first-order valence-corrected chi connectivity index (χ1v) is 6.30. The third kappa shape index (κ3) is 3.31. The summed E-state index contributed by atoms with van der Waals surface area (Å²) in [7, 11) is 0. The smallest absolute Gasteiger partial charge is 0.208 e. The Kier molecular flexibility index (Phi) is 4.94. The minimum Gasteiger partial charge on any atom is -0.334 e. The number of rotatable bonds is 1. The van der Waals surface area contributed by atoms with E-state index in [0.717, 1.165) is 5.56 Å². The molecule has 0 aliphatic rings. The molecule has 1 aromatic carbocycles. The molecule has 84 valence electrons. The Bertz CT molecular complexity index is 443. The number of nitriles is 1. The number of amidine groups is 1. The normalized spacial score (nSPS) is 11.1. The van der Waals surface area contributed by atoms with Gasteiger partial charge in [0.2, 0.25) is 6.19 Å². The van der Waals surface area contributed by atoms with Gasteiger partial charge in [0, 0.05) is 15.7 Å². The molecule has 1 N–H and O–H groups in total. The van der Waals surface area contributed by atoms with Crippen LogP contribution < -0.4 is 5.32 Å². The summed E-state index contributed by atoms with van der Waals surface area (Å²) >= 11 is 13.3. The van der Waals surface area contributed by atoms with Gasteiger partial charge in [-0.25, -0.2) is 0 Å². The molecule has 0 radical (unpaired) electrons. The van der Waals surface area contributed by atoms with Crippen LogP contribution in [0, 0.1) is 18.4 Å². The van der Waals surface area contributed by atoms with Gasteiger partial charge in [-0.15, -0.1) is 4.99 Å². The SMILES string of the molecule is CS/C(=N\C#N)Nc1cc(Cl)c(C)c(Cl)c1. The largest absolute Gasteiger partial charge is 0.334 e. The number of halogens is 2. The lowest BCUT2D eigenvalue weighted by Gasteiger charge is -2.09. The van der Waals surface area contributed by atoms with E-state index in [9.17, 15) is 0 Å². The number of benzene rings is 1. The van der Waals surface area contributed by atoms with Gasteiger partial charge in [0.15, 0.2) is 5.17 Å². The van der Waals surface area contributed by atoms with Crippen LogP contribution in [0.3, 0.4) is 0 Å². The monoisotopic (exact) mass is 273 g/mol. The number of anilines is 1. The molecule has 16 heavy (non-hydrogen) atoms. The van der Waals surface area contributed by atoms with Gasteiger partial charge in [0.25, 0.3) is 0 Å². The molecule has 0 aliphatic carbocycles. The van der Waals surface area contributed by atoms with Crippen LogP contribution in [0.2, 0.25) is 10.0 Å². The number of aliphatic imine (C=N–C) groups is 1. The summed E-state index contributed by atoms with van der Waals surface area (Å²) in [5.74, 6) is 0. The molecule has 1 rings (SSSR count). The first-order chi connectivity index (χ1) is 7.58. The fourth-order valence-corrected chi connectivity index (χ4v) is 1.85. The van der Waals surface area contributed by atoms with E-state index in [1.807, 2.05) is 13.2 Å². The first kappa shape index (κ1) is 13.2. The van der Waals surface area contributed by atoms with Crippen molar-refractivity contribution in [1.82, 2.24) is 0 Å². The Hall–Kier alpha value is -0.890. The Balaban J connectivity index is 2.99. The summed E-state index contributed by atoms with van der Waals surface area (Å²) in [6, 6.07) is 3.48. The highest BCUT2D eigenvalue weighted by molar-refractivity contribution is 8.13. The van der Waals surface area contributed by atoms with E-state index in [0.29, 0.717) is 20.9 Å². The zero-order chi connectivity index (χ0) is 12.1. The van der Waals surface area contributed by atoms with Crippen LogP contribution in [0.4, 0.5) is 5.69 Å². The van der Waals surface area contributed by atoms with Crippen LogP contribution in [0.1, 0.15) is 5.56 Å². The molecule has 0 atom stereocenters. The third-order valence-corrected chi connectivity index (χ3v) is 3.24. The summed E-state index contributed by atoms with van der Waals surface area (Å²) in [5.41, 5.74) is 1.54. The maximum absolute atomic E-state index is 8.46. The summed E-state index contributed by atoms with van der Waals surface area (Å²) in [6.07, 6.45) is 3.54. The van der Waals surface area contributed by atoms with Gasteiger partial charge in [0.05, 0.1) is 0 Å². The van der Waals surface area contributed by atoms with Crippen molar-refractivity contribution in [1.29, 1.82) is 5.26 Å². The van der Waals surface area contributed by atoms with Gasteiger partial charge in [-0.3, -0.25) is 0 Å². The quantitative estimate of drug-likeness (QED) is 0.479. The Morgan fingerprint density at radius 1 is 1.44 bits per heavy atom. The van der Waals surface area contributed by atoms with Crippen molar-refractivity contribution < 1.29 is 0 Å². The van der Waals surface area contributed by atoms with Crippen molar-refractivity contribution >= 4 is 45.8 Å². The standard InChI is InChI=1S/C10H9Cl2N3S/c1-6-8(11)3-7(4-9(6)12)15-10(16-2)14-5-13/h3-4H,1-2H3,(H,14,15). The van der Waals surface area contributed by atoms with Crippen LogP contribution >= 0.6 is 35.0 Å². The molecule has 0 saturated heterocycles. The average Bonchev–Trinajstić information content (AvgIpc) is 2.25. The molecule has 0 bridgehead atoms. The van der Waals surface area contributed by atoms with Crippen LogP contribution in [0.15, 0.2) is 17.1 Å². The fraction of sp³-hybridized carbons (Fsp3) is 0.200. The van der Waals surface area contributed by atoms with E-state index in [4.69, 9.17) is 28.5 Å². The lowest BCUT2D eigenvalue weighted by Crippen LogP contribution is -2.06. The molecule has 3 nitrogen and oxygen atoms in total. The van der Waals surface area contributed by atoms with Crippen molar-refractivity contribution in [2.75, 3.05) is 11.6 Å². The van der Waals surface area contributed by atoms with Gasteiger partial charge in [-0.05, 0) is 30.9 Å². The molecule has 0 unspecified atom stereocenters. The second-order valence-electron chi connectivity index (χ2n) is 2.91. The van der Waals surface area contributed by atoms with Crippen molar-refractivity contribution in [2.24, 2.45) is 4.99 Å². The molecule has 0 aliphatic heterocycles. The van der Waals surface area contributed by atoms with E-state index >= 15 is 0 Å². The van der Waals surface area contributed by atoms with E-state index in [-0.39, 0.29) is 0 Å². The Labute approximate surface area is 108 Å². The van der Waals surface area contributed by atoms with Gasteiger partial charge in [-0.1, -0.05) is 35.0 Å². The highest BCUT2D eigenvalue weighted by Gasteiger charge is 2.05. The Morgan fingerprint density at radius 2 is 2.00 bits per heavy atom. The summed E-state index contributed by atoms with van der Waals surface area (Å²) in [6.45, 7) is 1.84. The Morgan fingerprint density at radius 3 is 2.44 bits per heavy atom. The zero-order valence-corrected chi connectivity index (χ0v) is 11.0. The fourth-order valence-electron chi connectivity index (χ4n) is 1.01. The van der Waals surface area contributed by atoms with E-state index < -0.39 is 0 Å². The van der Waals surface area contributed by atoms with Gasteiger partial charge < -0.3 is 5.32 Å². The summed E-state index contributed by atoms with van der Waals surface area (Å²) < 4.78 is 0. The number of nitrogens with zero attached hydrogens (tertiary/aromatic N) is 2. The maximum atomic E-state index is 8.46. The number of hydrogen-bond donors (Lipinski definition) is 1. The molecule has 0 aromatic heterocycles. The second kappa shape index (κ2) is 6.00. The number of nitrogens with one attached hydrogen (secondary N) is 1. The predicted octanol–water partition coefficient (Wildman–Crippen LogP) is 3.91. The molecule has 0 saturated carbocycles. The molecule has 0 fully saturated rings. The molecule has 1 aromatic rings. The highest BCUT2D eigenvalue weighted by Crippen LogP contribution is 2.28. The van der Waals surface area contributed by atoms with E-state index in [2.05, 4.69) is 10.3 Å². The molecule has 0 spiro atoms. The zero-order valence-electron chi connectivity index (χ0n) is 8.71. The van der Waals surface area contributed by atoms with E-state index in [1.165, 1.54) is 11.8 Å². The van der Waals surface area contributed by atoms with Gasteiger partial charge >= 0.3 is 0 Å². The maximum Gasteiger partial charge on any atom is 0.208 e. The summed E-state index contributed by atoms with van der Waals surface area (Å²) in [5, 5.41) is 13.1. The van der Waals surface area contributed by atoms with Crippen LogP contribution in [-0.4, -0.2) is 11.4 Å². The molecule has 0 heterocycles. The number of hydrogen-bond acceptors (Lipinski definition) is 3. The van der Waals surface area contributed by atoms with Gasteiger partial charge in [-0.2, -0.15) is 5.26 Å². The second-order valence-corrected chi connectivity index (χ2v) is 4.52. The molecule has 6 heteroatoms. The minimum atomic E-state index is 0.499. The van der Waals surface area contributed by atoms with Crippen LogP contribution in [0.5, 0.6) is 0 Å². The molecule has 0 amide bonds. The lowest BCUT2D eigenvalue weighted by atomic mass is 10.2. The predicted molar refractivity (Wildman–Crippen MR) is 71.4 cm³/mol. The highest BCUT2D eigenvalue weighted by atomic mass is 35.5. The first-order valence-electron chi connectivity index (χ1n) is 4.32. The van der Waals surface area contributed by atoms with Gasteiger partial charge in [0.1, 0.15) is 0 Å². The van der Waals surface area contributed by atoms with Crippen molar-refractivity contribution in [3.63, 3.8) is 0 Å². The minimum absolute atomic E-state index is 0.499. The van der Waals surface area contributed by atoms with Crippen LogP contribution in [0.25, 0.3) is 0 Å². The molecular weight excluding hydrogens is 265 g/mol. The van der Waals surface area contributed by atoms with Crippen molar-refractivity contribution in [2.45, 2.75) is 6.92 Å². The lowest BCUT2D eigenvalue weighted by molar-refractivity contribution is 1.43.